The molecule has 2 heterocycles. The van der Waals surface area contributed by atoms with E-state index in [9.17, 15) is 12.8 Å². The number of ether oxygens (including phenoxy) is 1. The van der Waals surface area contributed by atoms with Crippen LogP contribution in [-0.4, -0.2) is 55.7 Å². The quantitative estimate of drug-likeness (QED) is 0.699. The Bertz CT molecular complexity index is 992. The first kappa shape index (κ1) is 20.2. The molecule has 5 nitrogen and oxygen atoms in total. The maximum absolute atomic E-state index is 13.2. The lowest BCUT2D eigenvalue weighted by atomic mass is 10.1. The van der Waals surface area contributed by atoms with Gasteiger partial charge in [0.1, 0.15) is 11.6 Å². The second-order valence-electron chi connectivity index (χ2n) is 7.33. The van der Waals surface area contributed by atoms with Gasteiger partial charge in [0.25, 0.3) is 0 Å². The van der Waals surface area contributed by atoms with Gasteiger partial charge in [0.15, 0.2) is 15.0 Å². The predicted molar refractivity (Wildman–Crippen MR) is 115 cm³/mol. The van der Waals surface area contributed by atoms with E-state index in [1.54, 1.807) is 31.0 Å². The molecule has 2 atom stereocenters. The van der Waals surface area contributed by atoms with Crippen molar-refractivity contribution >= 4 is 26.8 Å². The standard InChI is InChI=1S/C21H23FN2O3S2/c1-27-18-8-4-16(5-9-18)12-28-21-23-19-13-29(25,26)14-20(19)24(21)11-10-15-2-6-17(22)7-3-15/h2-9,19-20H,10-14H2,1H3/t19-,20-/m0/s1. The summed E-state index contributed by atoms with van der Waals surface area (Å²) in [5.74, 6) is 1.59. The van der Waals surface area contributed by atoms with Crippen molar-refractivity contribution in [1.29, 1.82) is 0 Å². The first-order valence-corrected chi connectivity index (χ1v) is 12.3. The van der Waals surface area contributed by atoms with E-state index in [1.165, 1.54) is 12.1 Å². The Kier molecular flexibility index (Phi) is 5.83. The van der Waals surface area contributed by atoms with Crippen LogP contribution in [0.5, 0.6) is 5.75 Å². The third-order valence-electron chi connectivity index (χ3n) is 5.30. The zero-order valence-corrected chi connectivity index (χ0v) is 17.8. The summed E-state index contributed by atoms with van der Waals surface area (Å²) < 4.78 is 42.5. The molecule has 0 spiro atoms. The number of benzene rings is 2. The van der Waals surface area contributed by atoms with Gasteiger partial charge in [0.2, 0.25) is 0 Å². The van der Waals surface area contributed by atoms with Gasteiger partial charge in [-0.05, 0) is 41.8 Å². The molecular formula is C21H23FN2O3S2. The summed E-state index contributed by atoms with van der Waals surface area (Å²) in [6, 6.07) is 14.1. The largest absolute Gasteiger partial charge is 0.497 e. The number of sulfone groups is 1. The van der Waals surface area contributed by atoms with Crippen LogP contribution in [0.15, 0.2) is 53.5 Å². The van der Waals surface area contributed by atoms with Crippen LogP contribution < -0.4 is 4.74 Å². The molecule has 0 aromatic heterocycles. The van der Waals surface area contributed by atoms with Crippen molar-refractivity contribution in [2.24, 2.45) is 4.99 Å². The number of rotatable bonds is 6. The van der Waals surface area contributed by atoms with E-state index in [-0.39, 0.29) is 29.4 Å². The Morgan fingerprint density at radius 3 is 2.48 bits per heavy atom. The zero-order chi connectivity index (χ0) is 20.4. The molecule has 0 unspecified atom stereocenters. The van der Waals surface area contributed by atoms with Gasteiger partial charge in [0, 0.05) is 12.3 Å². The zero-order valence-electron chi connectivity index (χ0n) is 16.1. The number of methoxy groups -OCH3 is 1. The monoisotopic (exact) mass is 434 g/mol. The van der Waals surface area contributed by atoms with Crippen molar-refractivity contribution in [3.05, 3.63) is 65.5 Å². The third kappa shape index (κ3) is 4.75. The van der Waals surface area contributed by atoms with Crippen LogP contribution in [0.1, 0.15) is 11.1 Å². The maximum atomic E-state index is 13.2. The number of thioether (sulfide) groups is 1. The fourth-order valence-electron chi connectivity index (χ4n) is 3.74. The molecule has 0 bridgehead atoms. The van der Waals surface area contributed by atoms with Crippen molar-refractivity contribution in [1.82, 2.24) is 4.90 Å². The first-order chi connectivity index (χ1) is 13.9. The predicted octanol–water partition coefficient (Wildman–Crippen LogP) is 3.15. The number of nitrogens with zero attached hydrogens (tertiary/aromatic N) is 2. The average Bonchev–Trinajstić information content (AvgIpc) is 3.17. The molecule has 0 radical (unpaired) electrons. The van der Waals surface area contributed by atoms with Crippen LogP contribution in [0.2, 0.25) is 0 Å². The van der Waals surface area contributed by atoms with Crippen molar-refractivity contribution in [3.8, 4) is 5.75 Å². The van der Waals surface area contributed by atoms with Gasteiger partial charge in [-0.25, -0.2) is 12.8 Å². The lowest BCUT2D eigenvalue weighted by Gasteiger charge is -2.26. The molecule has 0 saturated carbocycles. The molecule has 4 rings (SSSR count). The highest BCUT2D eigenvalue weighted by atomic mass is 32.2. The number of halogens is 1. The molecule has 1 fully saturated rings. The van der Waals surface area contributed by atoms with Crippen molar-refractivity contribution in [2.75, 3.05) is 25.2 Å². The summed E-state index contributed by atoms with van der Waals surface area (Å²) >= 11 is 1.63. The lowest BCUT2D eigenvalue weighted by molar-refractivity contribution is 0.352. The summed E-state index contributed by atoms with van der Waals surface area (Å²) in [6.07, 6.45) is 0.714. The number of aliphatic imine (C=N–C) groups is 1. The Labute approximate surface area is 174 Å². The van der Waals surface area contributed by atoms with Gasteiger partial charge in [0.05, 0.1) is 30.7 Å². The second-order valence-corrected chi connectivity index (χ2v) is 10.4. The number of amidine groups is 1. The SMILES string of the molecule is COc1ccc(CSC2=N[C@H]3CS(=O)(=O)C[C@@H]3N2CCc2ccc(F)cc2)cc1. The topological polar surface area (TPSA) is 59.0 Å². The highest BCUT2D eigenvalue weighted by molar-refractivity contribution is 8.13. The van der Waals surface area contributed by atoms with Gasteiger partial charge in [-0.15, -0.1) is 0 Å². The van der Waals surface area contributed by atoms with E-state index in [4.69, 9.17) is 9.73 Å². The molecule has 154 valence electrons. The van der Waals surface area contributed by atoms with Crippen LogP contribution in [0.25, 0.3) is 0 Å². The highest BCUT2D eigenvalue weighted by Gasteiger charge is 2.46. The van der Waals surface area contributed by atoms with Crippen molar-refractivity contribution in [2.45, 2.75) is 24.3 Å². The van der Waals surface area contributed by atoms with Crippen LogP contribution in [-0.2, 0) is 22.0 Å². The van der Waals surface area contributed by atoms with E-state index in [0.29, 0.717) is 13.0 Å². The second kappa shape index (κ2) is 8.36. The van der Waals surface area contributed by atoms with Crippen molar-refractivity contribution < 1.29 is 17.5 Å². The lowest BCUT2D eigenvalue weighted by Crippen LogP contribution is -2.40. The molecule has 2 aromatic carbocycles. The summed E-state index contributed by atoms with van der Waals surface area (Å²) in [4.78, 5) is 6.88. The smallest absolute Gasteiger partial charge is 0.160 e. The first-order valence-electron chi connectivity index (χ1n) is 9.48. The van der Waals surface area contributed by atoms with Gasteiger partial charge in [-0.1, -0.05) is 36.0 Å². The number of hydrogen-bond acceptors (Lipinski definition) is 6. The summed E-state index contributed by atoms with van der Waals surface area (Å²) in [7, 11) is -1.41. The Morgan fingerprint density at radius 1 is 1.10 bits per heavy atom. The molecule has 8 heteroatoms. The minimum atomic E-state index is -3.05. The highest BCUT2D eigenvalue weighted by Crippen LogP contribution is 2.32. The van der Waals surface area contributed by atoms with Gasteiger partial charge < -0.3 is 9.64 Å². The minimum absolute atomic E-state index is 0.0983. The molecule has 0 amide bonds. The number of fused-ring (bicyclic) bond motifs is 1. The minimum Gasteiger partial charge on any atom is -0.497 e. The van der Waals surface area contributed by atoms with E-state index in [0.717, 1.165) is 27.8 Å². The Morgan fingerprint density at radius 2 is 1.79 bits per heavy atom. The fourth-order valence-corrected chi connectivity index (χ4v) is 6.71. The Balaban J connectivity index is 1.46. The normalized spacial score (nSPS) is 22.4. The molecule has 2 aliphatic rings. The van der Waals surface area contributed by atoms with Crippen LogP contribution >= 0.6 is 11.8 Å². The van der Waals surface area contributed by atoms with Gasteiger partial charge in [-0.2, -0.15) is 0 Å². The van der Waals surface area contributed by atoms with E-state index < -0.39 is 9.84 Å². The molecule has 2 aliphatic heterocycles. The molecule has 2 aromatic rings. The average molecular weight is 435 g/mol. The number of hydrogen-bond donors (Lipinski definition) is 0. The fraction of sp³-hybridized carbons (Fsp3) is 0.381. The molecule has 1 saturated heterocycles. The Hall–Kier alpha value is -2.06. The van der Waals surface area contributed by atoms with Crippen LogP contribution in [0.3, 0.4) is 0 Å². The van der Waals surface area contributed by atoms with Crippen LogP contribution in [0, 0.1) is 5.82 Å². The van der Waals surface area contributed by atoms with E-state index in [1.807, 2.05) is 24.3 Å². The molecule has 0 N–H and O–H groups in total. The van der Waals surface area contributed by atoms with E-state index >= 15 is 0 Å². The van der Waals surface area contributed by atoms with Crippen molar-refractivity contribution in [3.63, 3.8) is 0 Å². The van der Waals surface area contributed by atoms with Crippen LogP contribution in [0.4, 0.5) is 4.39 Å². The van der Waals surface area contributed by atoms with Gasteiger partial charge in [-0.3, -0.25) is 4.99 Å². The molecular weight excluding hydrogens is 411 g/mol. The summed E-state index contributed by atoms with van der Waals surface area (Å²) in [6.45, 7) is 0.663. The maximum Gasteiger partial charge on any atom is 0.160 e. The summed E-state index contributed by atoms with van der Waals surface area (Å²) in [5.41, 5.74) is 2.18. The summed E-state index contributed by atoms with van der Waals surface area (Å²) in [5, 5.41) is 0.896. The van der Waals surface area contributed by atoms with Gasteiger partial charge >= 0.3 is 0 Å². The third-order valence-corrected chi connectivity index (χ3v) is 8.07. The molecule has 0 aliphatic carbocycles. The molecule has 29 heavy (non-hydrogen) atoms. The van der Waals surface area contributed by atoms with E-state index in [2.05, 4.69) is 4.90 Å².